The smallest absolute Gasteiger partial charge is 0.305 e. The molecule has 1 aliphatic heterocycles. The van der Waals surface area contributed by atoms with Crippen molar-refractivity contribution in [2.75, 3.05) is 19.8 Å². The number of carbonyl (C=O) groups excluding carboxylic acids is 2. The fourth-order valence-corrected chi connectivity index (χ4v) is 7.82. The molecule has 7 atom stereocenters. The van der Waals surface area contributed by atoms with Crippen molar-refractivity contribution in [1.82, 2.24) is 5.32 Å². The van der Waals surface area contributed by atoms with Crippen LogP contribution < -0.4 is 5.32 Å². The van der Waals surface area contributed by atoms with Crippen LogP contribution in [-0.4, -0.2) is 100 Å². The molecule has 372 valence electrons. The second kappa shape index (κ2) is 43.2. The highest BCUT2D eigenvalue weighted by Crippen LogP contribution is 2.23. The lowest BCUT2D eigenvalue weighted by Gasteiger charge is -2.40. The lowest BCUT2D eigenvalue weighted by atomic mass is 9.99. The molecule has 1 fully saturated rings. The third-order valence-electron chi connectivity index (χ3n) is 12.0. The number of hydrogen-bond donors (Lipinski definition) is 6. The highest BCUT2D eigenvalue weighted by atomic mass is 16.7. The number of carbonyl (C=O) groups is 2. The minimum absolute atomic E-state index is 0.0573. The largest absolute Gasteiger partial charge is 0.466 e. The zero-order chi connectivity index (χ0) is 46.7. The van der Waals surface area contributed by atoms with E-state index in [-0.39, 0.29) is 18.5 Å². The maximum Gasteiger partial charge on any atom is 0.305 e. The van der Waals surface area contributed by atoms with E-state index in [1.165, 1.54) is 89.9 Å². The Hall–Kier alpha value is -2.38. The van der Waals surface area contributed by atoms with Crippen molar-refractivity contribution in [3.8, 4) is 0 Å². The minimum Gasteiger partial charge on any atom is -0.466 e. The average Bonchev–Trinajstić information content (AvgIpc) is 3.29. The summed E-state index contributed by atoms with van der Waals surface area (Å²) in [4.78, 5) is 25.0. The summed E-state index contributed by atoms with van der Waals surface area (Å²) in [6, 6.07) is -0.854. The number of rotatable bonds is 43. The van der Waals surface area contributed by atoms with Crippen molar-refractivity contribution in [3.05, 3.63) is 48.6 Å². The number of ether oxygens (including phenoxy) is 3. The Morgan fingerprint density at radius 3 is 1.64 bits per heavy atom. The average molecular weight is 906 g/mol. The van der Waals surface area contributed by atoms with Gasteiger partial charge in [-0.05, 0) is 77.6 Å². The number of nitrogens with one attached hydrogen (secondary N) is 1. The molecule has 1 saturated heterocycles. The Labute approximate surface area is 389 Å². The van der Waals surface area contributed by atoms with Crippen LogP contribution in [0.4, 0.5) is 0 Å². The van der Waals surface area contributed by atoms with Gasteiger partial charge in [0.05, 0.1) is 32.0 Å². The molecule has 1 aliphatic rings. The normalized spacial score (nSPS) is 20.3. The molecule has 11 nitrogen and oxygen atoms in total. The molecule has 7 unspecified atom stereocenters. The van der Waals surface area contributed by atoms with Crippen molar-refractivity contribution in [2.45, 2.75) is 256 Å². The molecule has 1 amide bonds. The van der Waals surface area contributed by atoms with E-state index in [0.29, 0.717) is 32.3 Å². The van der Waals surface area contributed by atoms with Gasteiger partial charge in [-0.15, -0.1) is 0 Å². The molecule has 0 saturated carbocycles. The van der Waals surface area contributed by atoms with Crippen LogP contribution in [0.3, 0.4) is 0 Å². The van der Waals surface area contributed by atoms with E-state index in [1.54, 1.807) is 6.08 Å². The number of esters is 1. The Kier molecular flexibility index (Phi) is 40.3. The molecule has 0 aromatic rings. The van der Waals surface area contributed by atoms with Gasteiger partial charge >= 0.3 is 5.97 Å². The van der Waals surface area contributed by atoms with Crippen molar-refractivity contribution in [3.63, 3.8) is 0 Å². The van der Waals surface area contributed by atoms with Gasteiger partial charge in [0.15, 0.2) is 6.29 Å². The standard InChI is InChI=1S/C53H95NO10/c1-3-5-7-9-11-13-14-15-16-17-18-21-25-29-33-37-41-49(58)62-42-38-34-30-26-22-19-20-24-28-32-36-40-48(57)54-45(46(56)39-35-31-27-23-12-10-8-6-4-2)44-63-53-52(61)51(60)50(59)47(43-55)64-53/h4,6,12,22-23,26,35,39,45-47,50-53,55-56,59-61H,3,5,7-11,13-21,24-25,27-34,36-38,40-44H2,1-2H3,(H,54,57)/b6-4+,23-12+,26-22-,39-35+. The van der Waals surface area contributed by atoms with E-state index in [0.717, 1.165) is 83.5 Å². The van der Waals surface area contributed by atoms with Crippen LogP contribution >= 0.6 is 0 Å². The van der Waals surface area contributed by atoms with Gasteiger partial charge in [0.25, 0.3) is 0 Å². The van der Waals surface area contributed by atoms with Gasteiger partial charge in [-0.2, -0.15) is 0 Å². The van der Waals surface area contributed by atoms with Crippen LogP contribution in [0, 0.1) is 0 Å². The molecule has 0 aliphatic carbocycles. The van der Waals surface area contributed by atoms with Crippen molar-refractivity contribution >= 4 is 11.9 Å². The number of unbranched alkanes of at least 4 members (excludes halogenated alkanes) is 24. The van der Waals surface area contributed by atoms with Crippen LogP contribution in [0.25, 0.3) is 0 Å². The van der Waals surface area contributed by atoms with Crippen molar-refractivity contribution in [1.29, 1.82) is 0 Å². The summed E-state index contributed by atoms with van der Waals surface area (Å²) >= 11 is 0. The Bertz CT molecular complexity index is 1210. The fraction of sp³-hybridized carbons (Fsp3) is 0.811. The Balaban J connectivity index is 2.15. The lowest BCUT2D eigenvalue weighted by molar-refractivity contribution is -0.302. The van der Waals surface area contributed by atoms with Crippen LogP contribution in [0.2, 0.25) is 0 Å². The molecule has 64 heavy (non-hydrogen) atoms. The number of aliphatic hydroxyl groups is 5. The van der Waals surface area contributed by atoms with Crippen LogP contribution in [0.1, 0.15) is 213 Å². The van der Waals surface area contributed by atoms with Gasteiger partial charge < -0.3 is 45.1 Å². The van der Waals surface area contributed by atoms with E-state index in [1.807, 2.05) is 19.1 Å². The summed E-state index contributed by atoms with van der Waals surface area (Å²) in [5, 5.41) is 54.0. The summed E-state index contributed by atoms with van der Waals surface area (Å²) in [5.74, 6) is -0.287. The summed E-state index contributed by atoms with van der Waals surface area (Å²) < 4.78 is 16.6. The van der Waals surface area contributed by atoms with Gasteiger partial charge in [-0.25, -0.2) is 0 Å². The molecule has 0 aromatic carbocycles. The number of hydrogen-bond acceptors (Lipinski definition) is 10. The summed E-state index contributed by atoms with van der Waals surface area (Å²) in [6.07, 6.45) is 42.3. The highest BCUT2D eigenvalue weighted by Gasteiger charge is 2.44. The Morgan fingerprint density at radius 2 is 1.08 bits per heavy atom. The van der Waals surface area contributed by atoms with E-state index < -0.39 is 49.5 Å². The molecule has 1 heterocycles. The first-order valence-corrected chi connectivity index (χ1v) is 25.9. The molecular formula is C53H95NO10. The van der Waals surface area contributed by atoms with Crippen molar-refractivity contribution < 1.29 is 49.3 Å². The third kappa shape index (κ3) is 33.1. The van der Waals surface area contributed by atoms with Crippen LogP contribution in [0.5, 0.6) is 0 Å². The van der Waals surface area contributed by atoms with Crippen LogP contribution in [0.15, 0.2) is 48.6 Å². The lowest BCUT2D eigenvalue weighted by Crippen LogP contribution is -2.60. The van der Waals surface area contributed by atoms with Gasteiger partial charge in [-0.1, -0.05) is 171 Å². The molecule has 0 bridgehead atoms. The zero-order valence-corrected chi connectivity index (χ0v) is 40.5. The molecule has 1 rings (SSSR count). The third-order valence-corrected chi connectivity index (χ3v) is 12.0. The first kappa shape index (κ1) is 59.6. The van der Waals surface area contributed by atoms with Gasteiger partial charge in [-0.3, -0.25) is 9.59 Å². The zero-order valence-electron chi connectivity index (χ0n) is 40.5. The first-order chi connectivity index (χ1) is 31.2. The number of allylic oxidation sites excluding steroid dienone is 7. The highest BCUT2D eigenvalue weighted by molar-refractivity contribution is 5.76. The molecule has 6 N–H and O–H groups in total. The minimum atomic E-state index is -1.59. The quantitative estimate of drug-likeness (QED) is 0.0196. The van der Waals surface area contributed by atoms with Gasteiger partial charge in [0.1, 0.15) is 24.4 Å². The summed E-state index contributed by atoms with van der Waals surface area (Å²) in [7, 11) is 0. The van der Waals surface area contributed by atoms with E-state index in [4.69, 9.17) is 14.2 Å². The molecule has 11 heteroatoms. The summed E-state index contributed by atoms with van der Waals surface area (Å²) in [6.45, 7) is 3.97. The number of amides is 1. The predicted octanol–water partition coefficient (Wildman–Crippen LogP) is 10.5. The molecular weight excluding hydrogens is 811 g/mol. The van der Waals surface area contributed by atoms with Gasteiger partial charge in [0.2, 0.25) is 5.91 Å². The monoisotopic (exact) mass is 906 g/mol. The van der Waals surface area contributed by atoms with Crippen LogP contribution in [-0.2, 0) is 23.8 Å². The van der Waals surface area contributed by atoms with Gasteiger partial charge in [0, 0.05) is 12.8 Å². The summed E-state index contributed by atoms with van der Waals surface area (Å²) in [5.41, 5.74) is 0. The Morgan fingerprint density at radius 1 is 0.594 bits per heavy atom. The maximum absolute atomic E-state index is 12.9. The second-order valence-corrected chi connectivity index (χ2v) is 17.9. The predicted molar refractivity (Wildman–Crippen MR) is 260 cm³/mol. The van der Waals surface area contributed by atoms with E-state index in [9.17, 15) is 35.1 Å². The number of aliphatic hydroxyl groups excluding tert-OH is 5. The first-order valence-electron chi connectivity index (χ1n) is 25.9. The molecule has 0 spiro atoms. The fourth-order valence-electron chi connectivity index (χ4n) is 7.82. The molecule has 0 aromatic heterocycles. The van der Waals surface area contributed by atoms with E-state index >= 15 is 0 Å². The van der Waals surface area contributed by atoms with E-state index in [2.05, 4.69) is 42.6 Å². The SMILES string of the molecule is C/C=C/CC/C=C/CC/C=C/C(O)C(COC1OC(CO)C(O)C(O)C1O)NC(=O)CCCCCCC/C=C\CCCCOC(=O)CCCCCCCCCCCCCCCCCC. The topological polar surface area (TPSA) is 175 Å². The maximum atomic E-state index is 12.9. The second-order valence-electron chi connectivity index (χ2n) is 17.9. The van der Waals surface area contributed by atoms with Crippen molar-refractivity contribution in [2.24, 2.45) is 0 Å². The molecule has 0 radical (unpaired) electrons.